The number of aromatic nitrogens is 2. The van der Waals surface area contributed by atoms with Crippen molar-refractivity contribution in [3.05, 3.63) is 18.6 Å². The molecule has 1 aromatic rings. The summed E-state index contributed by atoms with van der Waals surface area (Å²) in [6.45, 7) is 1.79. The lowest BCUT2D eigenvalue weighted by Gasteiger charge is -2.11. The summed E-state index contributed by atoms with van der Waals surface area (Å²) in [7, 11) is 0. The van der Waals surface area contributed by atoms with Gasteiger partial charge in [-0.25, -0.2) is 9.78 Å². The molecular formula is C8H11N3O2. The summed E-state index contributed by atoms with van der Waals surface area (Å²) in [6.07, 6.45) is 5.04. The number of carboxylic acid groups (broad SMARTS) is 1. The second-order valence-corrected chi connectivity index (χ2v) is 2.53. The van der Waals surface area contributed by atoms with Crippen molar-refractivity contribution in [2.24, 2.45) is 0 Å². The van der Waals surface area contributed by atoms with Crippen LogP contribution in [0.1, 0.15) is 13.3 Å². The van der Waals surface area contributed by atoms with E-state index in [1.54, 1.807) is 6.92 Å². The molecule has 0 amide bonds. The van der Waals surface area contributed by atoms with Crippen molar-refractivity contribution in [2.45, 2.75) is 19.4 Å². The van der Waals surface area contributed by atoms with Crippen molar-refractivity contribution >= 4 is 11.8 Å². The zero-order valence-corrected chi connectivity index (χ0v) is 7.27. The standard InChI is InChI=1S/C8H11N3O2/c1-2-6(8(12)13)11-7-5-9-3-4-10-7/h3-6H,2H2,1H3,(H,10,11)(H,12,13). The Bertz CT molecular complexity index is 276. The van der Waals surface area contributed by atoms with E-state index in [0.29, 0.717) is 12.2 Å². The second kappa shape index (κ2) is 4.39. The van der Waals surface area contributed by atoms with Crippen LogP contribution in [0.25, 0.3) is 0 Å². The van der Waals surface area contributed by atoms with Gasteiger partial charge in [0.05, 0.1) is 6.20 Å². The smallest absolute Gasteiger partial charge is 0.326 e. The second-order valence-electron chi connectivity index (χ2n) is 2.53. The third-order valence-corrected chi connectivity index (χ3v) is 1.59. The van der Waals surface area contributed by atoms with Crippen LogP contribution in [0.5, 0.6) is 0 Å². The molecule has 0 aromatic carbocycles. The Morgan fingerprint density at radius 2 is 2.46 bits per heavy atom. The number of aliphatic carboxylic acids is 1. The molecule has 0 aliphatic heterocycles. The van der Waals surface area contributed by atoms with Crippen LogP contribution in [0, 0.1) is 0 Å². The highest BCUT2D eigenvalue weighted by Gasteiger charge is 2.14. The first-order chi connectivity index (χ1) is 6.24. The lowest BCUT2D eigenvalue weighted by atomic mass is 10.2. The highest BCUT2D eigenvalue weighted by atomic mass is 16.4. The molecule has 2 N–H and O–H groups in total. The molecule has 0 bridgehead atoms. The van der Waals surface area contributed by atoms with Gasteiger partial charge in [0.25, 0.3) is 0 Å². The number of rotatable bonds is 4. The van der Waals surface area contributed by atoms with Crippen molar-refractivity contribution in [1.29, 1.82) is 0 Å². The van der Waals surface area contributed by atoms with E-state index in [-0.39, 0.29) is 0 Å². The van der Waals surface area contributed by atoms with Crippen molar-refractivity contribution in [3.63, 3.8) is 0 Å². The van der Waals surface area contributed by atoms with Gasteiger partial charge >= 0.3 is 5.97 Å². The maximum absolute atomic E-state index is 10.6. The van der Waals surface area contributed by atoms with Crippen molar-refractivity contribution in [3.8, 4) is 0 Å². The predicted octanol–water partition coefficient (Wildman–Crippen LogP) is 0.752. The Morgan fingerprint density at radius 1 is 1.69 bits per heavy atom. The molecule has 0 fully saturated rings. The Kier molecular flexibility index (Phi) is 3.19. The van der Waals surface area contributed by atoms with Gasteiger partial charge in [0.1, 0.15) is 11.9 Å². The number of anilines is 1. The predicted molar refractivity (Wildman–Crippen MR) is 47.4 cm³/mol. The minimum Gasteiger partial charge on any atom is -0.480 e. The number of nitrogens with zero attached hydrogens (tertiary/aromatic N) is 2. The highest BCUT2D eigenvalue weighted by Crippen LogP contribution is 2.03. The fraction of sp³-hybridized carbons (Fsp3) is 0.375. The number of carboxylic acids is 1. The topological polar surface area (TPSA) is 75.1 Å². The molecule has 0 radical (unpaired) electrons. The molecular weight excluding hydrogens is 170 g/mol. The Labute approximate surface area is 75.8 Å². The normalized spacial score (nSPS) is 12.1. The number of hydrogen-bond donors (Lipinski definition) is 2. The van der Waals surface area contributed by atoms with E-state index in [4.69, 9.17) is 5.11 Å². The van der Waals surface area contributed by atoms with Crippen LogP contribution in [-0.4, -0.2) is 27.1 Å². The van der Waals surface area contributed by atoms with E-state index in [1.165, 1.54) is 18.6 Å². The summed E-state index contributed by atoms with van der Waals surface area (Å²) < 4.78 is 0. The van der Waals surface area contributed by atoms with Gasteiger partial charge in [-0.05, 0) is 6.42 Å². The van der Waals surface area contributed by atoms with Crippen LogP contribution < -0.4 is 5.32 Å². The number of carbonyl (C=O) groups is 1. The van der Waals surface area contributed by atoms with Crippen molar-refractivity contribution < 1.29 is 9.90 Å². The summed E-state index contributed by atoms with van der Waals surface area (Å²) in [4.78, 5) is 18.3. The van der Waals surface area contributed by atoms with Gasteiger partial charge in [-0.1, -0.05) is 6.92 Å². The van der Waals surface area contributed by atoms with Gasteiger partial charge in [-0.15, -0.1) is 0 Å². The summed E-state index contributed by atoms with van der Waals surface area (Å²) >= 11 is 0. The van der Waals surface area contributed by atoms with E-state index in [0.717, 1.165) is 0 Å². The Morgan fingerprint density at radius 3 is 2.92 bits per heavy atom. The lowest BCUT2D eigenvalue weighted by Crippen LogP contribution is -2.28. The van der Waals surface area contributed by atoms with Crippen molar-refractivity contribution in [1.82, 2.24) is 9.97 Å². The monoisotopic (exact) mass is 181 g/mol. The molecule has 1 rings (SSSR count). The van der Waals surface area contributed by atoms with Crippen LogP contribution in [0.15, 0.2) is 18.6 Å². The average Bonchev–Trinajstić information content (AvgIpc) is 2.15. The van der Waals surface area contributed by atoms with Crippen LogP contribution in [0.4, 0.5) is 5.82 Å². The van der Waals surface area contributed by atoms with E-state index < -0.39 is 12.0 Å². The van der Waals surface area contributed by atoms with Crippen LogP contribution in [0.2, 0.25) is 0 Å². The molecule has 0 saturated heterocycles. The van der Waals surface area contributed by atoms with Gasteiger partial charge in [0.15, 0.2) is 0 Å². The van der Waals surface area contributed by atoms with Gasteiger partial charge in [0, 0.05) is 12.4 Å². The summed E-state index contributed by atoms with van der Waals surface area (Å²) in [5.74, 6) is -0.398. The zero-order chi connectivity index (χ0) is 9.68. The highest BCUT2D eigenvalue weighted by molar-refractivity contribution is 5.76. The summed E-state index contributed by atoms with van der Waals surface area (Å²) in [5, 5.41) is 11.5. The Hall–Kier alpha value is -1.65. The largest absolute Gasteiger partial charge is 0.480 e. The molecule has 70 valence electrons. The number of nitrogens with one attached hydrogen (secondary N) is 1. The molecule has 5 heteroatoms. The third-order valence-electron chi connectivity index (χ3n) is 1.59. The first-order valence-corrected chi connectivity index (χ1v) is 3.99. The molecule has 1 aromatic heterocycles. The quantitative estimate of drug-likeness (QED) is 0.717. The maximum Gasteiger partial charge on any atom is 0.326 e. The van der Waals surface area contributed by atoms with Gasteiger partial charge in [0.2, 0.25) is 0 Å². The molecule has 0 spiro atoms. The van der Waals surface area contributed by atoms with E-state index in [1.807, 2.05) is 0 Å². The Balaban J connectivity index is 2.62. The SMILES string of the molecule is CCC(Nc1cnccn1)C(=O)O. The molecule has 1 heterocycles. The van der Waals surface area contributed by atoms with Gasteiger partial charge in [-0.3, -0.25) is 4.98 Å². The maximum atomic E-state index is 10.6. The van der Waals surface area contributed by atoms with Gasteiger partial charge in [-0.2, -0.15) is 0 Å². The minimum absolute atomic E-state index is 0.483. The number of hydrogen-bond acceptors (Lipinski definition) is 4. The lowest BCUT2D eigenvalue weighted by molar-refractivity contribution is -0.137. The molecule has 0 saturated carbocycles. The van der Waals surface area contributed by atoms with E-state index in [2.05, 4.69) is 15.3 Å². The molecule has 13 heavy (non-hydrogen) atoms. The van der Waals surface area contributed by atoms with Gasteiger partial charge < -0.3 is 10.4 Å². The fourth-order valence-electron chi connectivity index (χ4n) is 0.891. The van der Waals surface area contributed by atoms with Crippen LogP contribution in [-0.2, 0) is 4.79 Å². The summed E-state index contributed by atoms with van der Waals surface area (Å²) in [6, 6.07) is -0.600. The molecule has 0 aliphatic rings. The fourth-order valence-corrected chi connectivity index (χ4v) is 0.891. The molecule has 1 atom stereocenters. The molecule has 0 aliphatic carbocycles. The van der Waals surface area contributed by atoms with Crippen molar-refractivity contribution in [2.75, 3.05) is 5.32 Å². The van der Waals surface area contributed by atoms with Crippen LogP contribution >= 0.6 is 0 Å². The summed E-state index contributed by atoms with van der Waals surface area (Å²) in [5.41, 5.74) is 0. The molecule has 1 unspecified atom stereocenters. The minimum atomic E-state index is -0.881. The van der Waals surface area contributed by atoms with E-state index >= 15 is 0 Å². The third kappa shape index (κ3) is 2.70. The first kappa shape index (κ1) is 9.44. The van der Waals surface area contributed by atoms with E-state index in [9.17, 15) is 4.79 Å². The average molecular weight is 181 g/mol. The van der Waals surface area contributed by atoms with Crippen LogP contribution in [0.3, 0.4) is 0 Å². The first-order valence-electron chi connectivity index (χ1n) is 3.99. The molecule has 5 nitrogen and oxygen atoms in total. The zero-order valence-electron chi connectivity index (χ0n) is 7.27.